The van der Waals surface area contributed by atoms with Gasteiger partial charge in [-0.1, -0.05) is 60.1 Å². The highest BCUT2D eigenvalue weighted by molar-refractivity contribution is 7.86. The molecule has 18 heavy (non-hydrogen) atoms. The highest BCUT2D eigenvalue weighted by Gasteiger charge is 2.23. The van der Waals surface area contributed by atoms with E-state index in [-0.39, 0.29) is 20.5 Å². The molecule has 0 spiro atoms. The topological polar surface area (TPSA) is 54.4 Å². The summed E-state index contributed by atoms with van der Waals surface area (Å²) in [6.45, 7) is 3.50. The Labute approximate surface area is 114 Å². The molecular weight excluding hydrogens is 295 g/mol. The van der Waals surface area contributed by atoms with Gasteiger partial charge in [0.05, 0.1) is 10.0 Å². The van der Waals surface area contributed by atoms with E-state index in [2.05, 4.69) is 6.58 Å². The minimum absolute atomic E-state index is 0.0537. The Morgan fingerprint density at radius 3 is 2.17 bits per heavy atom. The summed E-state index contributed by atoms with van der Waals surface area (Å²) < 4.78 is 32.3. The third-order valence-corrected chi connectivity index (χ3v) is 4.38. The van der Waals surface area contributed by atoms with Gasteiger partial charge in [0.2, 0.25) is 0 Å². The molecule has 1 N–H and O–H groups in total. The summed E-state index contributed by atoms with van der Waals surface area (Å²) in [5.74, 6) is 0. The average molecular weight is 303 g/mol. The first-order valence-corrected chi connectivity index (χ1v) is 7.07. The van der Waals surface area contributed by atoms with Crippen molar-refractivity contribution in [3.05, 3.63) is 46.5 Å². The van der Waals surface area contributed by atoms with Crippen LogP contribution in [-0.4, -0.2) is 13.0 Å². The second kappa shape index (κ2) is 4.55. The van der Waals surface area contributed by atoms with Crippen LogP contribution in [0.5, 0.6) is 0 Å². The van der Waals surface area contributed by atoms with E-state index < -0.39 is 10.1 Å². The van der Waals surface area contributed by atoms with Crippen LogP contribution < -0.4 is 0 Å². The van der Waals surface area contributed by atoms with Crippen LogP contribution >= 0.6 is 23.2 Å². The van der Waals surface area contributed by atoms with E-state index in [4.69, 9.17) is 23.2 Å². The van der Waals surface area contributed by atoms with Crippen molar-refractivity contribution in [2.24, 2.45) is 0 Å². The zero-order valence-electron chi connectivity index (χ0n) is 9.02. The lowest BCUT2D eigenvalue weighted by Crippen LogP contribution is -2.03. The van der Waals surface area contributed by atoms with Crippen LogP contribution in [0.15, 0.2) is 35.7 Å². The van der Waals surface area contributed by atoms with Crippen molar-refractivity contribution in [2.45, 2.75) is 4.90 Å². The molecule has 0 bridgehead atoms. The maximum atomic E-state index is 11.5. The molecule has 2 rings (SSSR count). The molecule has 0 aliphatic carbocycles. The fraction of sp³-hybridized carbons (Fsp3) is 0. The van der Waals surface area contributed by atoms with E-state index >= 15 is 0 Å². The number of fused-ring (bicyclic) bond motifs is 1. The lowest BCUT2D eigenvalue weighted by Gasteiger charge is -2.12. The molecule has 3 nitrogen and oxygen atoms in total. The van der Waals surface area contributed by atoms with Crippen molar-refractivity contribution >= 4 is 50.2 Å². The Bertz CT molecular complexity index is 751. The highest BCUT2D eigenvalue weighted by atomic mass is 35.5. The summed E-state index contributed by atoms with van der Waals surface area (Å²) in [4.78, 5) is -0.275. The van der Waals surface area contributed by atoms with Gasteiger partial charge in [-0.05, 0) is 0 Å². The van der Waals surface area contributed by atoms with Gasteiger partial charge in [0.15, 0.2) is 0 Å². The first kappa shape index (κ1) is 13.4. The van der Waals surface area contributed by atoms with E-state index in [0.29, 0.717) is 10.8 Å². The SMILES string of the molecule is C=Cc1c(Cl)c(Cl)c2ccccc2c1S(=O)(=O)O. The molecule has 0 radical (unpaired) electrons. The fourth-order valence-corrected chi connectivity index (χ4v) is 3.33. The van der Waals surface area contributed by atoms with Gasteiger partial charge < -0.3 is 0 Å². The second-order valence-electron chi connectivity index (χ2n) is 3.60. The van der Waals surface area contributed by atoms with Gasteiger partial charge >= 0.3 is 0 Å². The number of rotatable bonds is 2. The predicted molar refractivity (Wildman–Crippen MR) is 73.9 cm³/mol. The molecule has 0 amide bonds. The summed E-state index contributed by atoms with van der Waals surface area (Å²) in [7, 11) is -4.43. The number of hydrogen-bond donors (Lipinski definition) is 1. The molecule has 0 saturated heterocycles. The van der Waals surface area contributed by atoms with Crippen LogP contribution in [0.4, 0.5) is 0 Å². The van der Waals surface area contributed by atoms with E-state index in [1.165, 1.54) is 6.08 Å². The quantitative estimate of drug-likeness (QED) is 0.852. The molecule has 94 valence electrons. The van der Waals surface area contributed by atoms with Crippen LogP contribution in [0.25, 0.3) is 16.8 Å². The Balaban J connectivity index is 3.16. The Morgan fingerprint density at radius 2 is 1.67 bits per heavy atom. The smallest absolute Gasteiger partial charge is 0.282 e. The van der Waals surface area contributed by atoms with Crippen LogP contribution in [0.3, 0.4) is 0 Å². The van der Waals surface area contributed by atoms with Gasteiger partial charge in [0.25, 0.3) is 10.1 Å². The molecule has 0 aliphatic rings. The lowest BCUT2D eigenvalue weighted by molar-refractivity contribution is 0.484. The largest absolute Gasteiger partial charge is 0.295 e. The monoisotopic (exact) mass is 302 g/mol. The molecule has 0 atom stereocenters. The molecular formula is C12H8Cl2O3S. The van der Waals surface area contributed by atoms with Gasteiger partial charge in [-0.25, -0.2) is 0 Å². The van der Waals surface area contributed by atoms with E-state index in [1.807, 2.05) is 0 Å². The average Bonchev–Trinajstić information content (AvgIpc) is 2.32. The van der Waals surface area contributed by atoms with Gasteiger partial charge in [0, 0.05) is 16.3 Å². The Hall–Kier alpha value is -1.07. The maximum absolute atomic E-state index is 11.5. The van der Waals surface area contributed by atoms with Crippen LogP contribution in [0, 0.1) is 0 Å². The standard InChI is InChI=1S/C12H8Cl2O3S/c1-2-7-10(13)11(14)8-5-3-4-6-9(8)12(7)18(15,16)17/h2-6H,1H2,(H,15,16,17). The maximum Gasteiger partial charge on any atom is 0.295 e. The molecule has 0 heterocycles. The zero-order valence-corrected chi connectivity index (χ0v) is 11.4. The third-order valence-electron chi connectivity index (χ3n) is 2.54. The number of halogens is 2. The summed E-state index contributed by atoms with van der Waals surface area (Å²) in [6.07, 6.45) is 1.25. The molecule has 0 unspecified atom stereocenters. The van der Waals surface area contributed by atoms with E-state index in [9.17, 15) is 13.0 Å². The number of benzene rings is 2. The molecule has 0 aromatic heterocycles. The number of hydrogen-bond acceptors (Lipinski definition) is 2. The fourth-order valence-electron chi connectivity index (χ4n) is 1.81. The predicted octanol–water partition coefficient (Wildman–Crippen LogP) is 4.04. The van der Waals surface area contributed by atoms with Gasteiger partial charge in [-0.3, -0.25) is 4.55 Å². The third kappa shape index (κ3) is 2.01. The first-order chi connectivity index (χ1) is 8.38. The second-order valence-corrected chi connectivity index (χ2v) is 5.71. The molecule has 0 fully saturated rings. The van der Waals surface area contributed by atoms with Crippen molar-refractivity contribution in [3.63, 3.8) is 0 Å². The summed E-state index contributed by atoms with van der Waals surface area (Å²) >= 11 is 12.1. The minimum atomic E-state index is -4.43. The highest BCUT2D eigenvalue weighted by Crippen LogP contribution is 2.39. The van der Waals surface area contributed by atoms with Gasteiger partial charge in [0.1, 0.15) is 4.90 Å². The van der Waals surface area contributed by atoms with Crippen LogP contribution in [0.2, 0.25) is 10.0 Å². The Morgan fingerprint density at radius 1 is 1.11 bits per heavy atom. The van der Waals surface area contributed by atoms with Crippen LogP contribution in [-0.2, 0) is 10.1 Å². The summed E-state index contributed by atoms with van der Waals surface area (Å²) in [5, 5.41) is 1.05. The summed E-state index contributed by atoms with van der Waals surface area (Å²) in [6, 6.07) is 6.53. The van der Waals surface area contributed by atoms with Crippen molar-refractivity contribution in [1.29, 1.82) is 0 Å². The first-order valence-electron chi connectivity index (χ1n) is 4.87. The molecule has 6 heteroatoms. The molecule has 0 saturated carbocycles. The van der Waals surface area contributed by atoms with Crippen molar-refractivity contribution in [2.75, 3.05) is 0 Å². The van der Waals surface area contributed by atoms with Crippen molar-refractivity contribution < 1.29 is 13.0 Å². The molecule has 2 aromatic rings. The normalized spacial score (nSPS) is 11.7. The molecule has 0 aliphatic heterocycles. The Kier molecular flexibility index (Phi) is 3.38. The van der Waals surface area contributed by atoms with Crippen molar-refractivity contribution in [1.82, 2.24) is 0 Å². The van der Waals surface area contributed by atoms with Gasteiger partial charge in [-0.15, -0.1) is 0 Å². The van der Waals surface area contributed by atoms with E-state index in [0.717, 1.165) is 0 Å². The summed E-state index contributed by atoms with van der Waals surface area (Å²) in [5.41, 5.74) is 0.0999. The minimum Gasteiger partial charge on any atom is -0.282 e. The molecule has 2 aromatic carbocycles. The van der Waals surface area contributed by atoms with E-state index in [1.54, 1.807) is 24.3 Å². The van der Waals surface area contributed by atoms with Crippen LogP contribution in [0.1, 0.15) is 5.56 Å². The van der Waals surface area contributed by atoms with Crippen molar-refractivity contribution in [3.8, 4) is 0 Å². The van der Waals surface area contributed by atoms with Gasteiger partial charge in [-0.2, -0.15) is 8.42 Å². The zero-order chi connectivity index (χ0) is 13.5. The lowest BCUT2D eigenvalue weighted by atomic mass is 10.1.